The lowest BCUT2D eigenvalue weighted by atomic mass is 10.3. The Hall–Kier alpha value is -1.63. The quantitative estimate of drug-likeness (QED) is 0.518. The SMILES string of the molecule is CCCOc1nc(NN)nc(NC2CCCC2)n1. The molecule has 1 aromatic rings. The highest BCUT2D eigenvalue weighted by Gasteiger charge is 2.16. The van der Waals surface area contributed by atoms with Crippen LogP contribution in [0.4, 0.5) is 11.9 Å². The van der Waals surface area contributed by atoms with Crippen LogP contribution in [0, 0.1) is 0 Å². The predicted octanol–water partition coefficient (Wildman–Crippen LogP) is 1.30. The standard InChI is InChI=1S/C11H20N6O/c1-2-7-18-11-15-9(14-10(16-11)17-12)13-8-5-3-4-6-8/h8H,2-7,12H2,1H3,(H2,13,14,15,16,17). The van der Waals surface area contributed by atoms with Gasteiger partial charge < -0.3 is 10.1 Å². The zero-order chi connectivity index (χ0) is 12.8. The molecule has 1 aliphatic rings. The average molecular weight is 252 g/mol. The molecule has 100 valence electrons. The van der Waals surface area contributed by atoms with Crippen LogP contribution in [0.2, 0.25) is 0 Å². The summed E-state index contributed by atoms with van der Waals surface area (Å²) in [5.74, 6) is 6.18. The molecule has 0 atom stereocenters. The lowest BCUT2D eigenvalue weighted by molar-refractivity contribution is 0.292. The molecule has 1 aliphatic carbocycles. The summed E-state index contributed by atoms with van der Waals surface area (Å²) in [5, 5.41) is 3.29. The Bertz CT molecular complexity index is 380. The first kappa shape index (κ1) is 12.8. The van der Waals surface area contributed by atoms with Crippen molar-refractivity contribution in [1.29, 1.82) is 0 Å². The molecular formula is C11H20N6O. The number of ether oxygens (including phenoxy) is 1. The van der Waals surface area contributed by atoms with Crippen molar-refractivity contribution in [3.05, 3.63) is 0 Å². The number of hydrazine groups is 1. The van der Waals surface area contributed by atoms with Gasteiger partial charge in [-0.05, 0) is 19.3 Å². The van der Waals surface area contributed by atoms with Crippen LogP contribution < -0.4 is 21.3 Å². The summed E-state index contributed by atoms with van der Waals surface area (Å²) < 4.78 is 5.41. The van der Waals surface area contributed by atoms with Crippen LogP contribution in [0.5, 0.6) is 6.01 Å². The van der Waals surface area contributed by atoms with Gasteiger partial charge in [-0.25, -0.2) is 5.84 Å². The van der Waals surface area contributed by atoms with Crippen LogP contribution in [-0.2, 0) is 0 Å². The molecule has 0 spiro atoms. The Morgan fingerprint density at radius 3 is 2.61 bits per heavy atom. The van der Waals surface area contributed by atoms with Crippen LogP contribution in [0.15, 0.2) is 0 Å². The number of nitrogens with zero attached hydrogens (tertiary/aromatic N) is 3. The number of nitrogens with two attached hydrogens (primary N) is 1. The summed E-state index contributed by atoms with van der Waals surface area (Å²) in [7, 11) is 0. The molecule has 0 aliphatic heterocycles. The highest BCUT2D eigenvalue weighted by Crippen LogP contribution is 2.21. The van der Waals surface area contributed by atoms with Gasteiger partial charge in [0.05, 0.1) is 6.61 Å². The molecule has 0 saturated heterocycles. The molecule has 0 radical (unpaired) electrons. The average Bonchev–Trinajstić information content (AvgIpc) is 2.89. The second-order valence-electron chi connectivity index (χ2n) is 4.38. The van der Waals surface area contributed by atoms with Crippen LogP contribution >= 0.6 is 0 Å². The summed E-state index contributed by atoms with van der Waals surface area (Å²) in [6.07, 6.45) is 5.72. The third kappa shape index (κ3) is 3.43. The molecule has 2 rings (SSSR count). The Morgan fingerprint density at radius 2 is 1.94 bits per heavy atom. The van der Waals surface area contributed by atoms with Crippen molar-refractivity contribution < 1.29 is 4.74 Å². The van der Waals surface area contributed by atoms with Gasteiger partial charge in [-0.1, -0.05) is 19.8 Å². The van der Waals surface area contributed by atoms with Crippen LogP contribution in [-0.4, -0.2) is 27.6 Å². The molecule has 7 nitrogen and oxygen atoms in total. The summed E-state index contributed by atoms with van der Waals surface area (Å²) in [5.41, 5.74) is 2.43. The molecule has 0 amide bonds. The number of hydrogen-bond donors (Lipinski definition) is 3. The molecule has 0 aromatic carbocycles. The van der Waals surface area contributed by atoms with Gasteiger partial charge in [-0.2, -0.15) is 15.0 Å². The summed E-state index contributed by atoms with van der Waals surface area (Å²) in [4.78, 5) is 12.4. The van der Waals surface area contributed by atoms with Crippen molar-refractivity contribution in [3.8, 4) is 6.01 Å². The lowest BCUT2D eigenvalue weighted by Crippen LogP contribution is -2.19. The molecule has 1 heterocycles. The molecule has 7 heteroatoms. The monoisotopic (exact) mass is 252 g/mol. The topological polar surface area (TPSA) is 98.0 Å². The smallest absolute Gasteiger partial charge is 0.323 e. The molecule has 0 unspecified atom stereocenters. The van der Waals surface area contributed by atoms with Gasteiger partial charge in [0, 0.05) is 6.04 Å². The van der Waals surface area contributed by atoms with Gasteiger partial charge in [0.25, 0.3) is 0 Å². The third-order valence-corrected chi connectivity index (χ3v) is 2.87. The highest BCUT2D eigenvalue weighted by atomic mass is 16.5. The van der Waals surface area contributed by atoms with E-state index in [4.69, 9.17) is 10.6 Å². The summed E-state index contributed by atoms with van der Waals surface area (Å²) in [6, 6.07) is 0.748. The lowest BCUT2D eigenvalue weighted by Gasteiger charge is -2.13. The number of hydrogen-bond acceptors (Lipinski definition) is 7. The van der Waals surface area contributed by atoms with Crippen molar-refractivity contribution in [3.63, 3.8) is 0 Å². The van der Waals surface area contributed by atoms with Crippen molar-refractivity contribution in [2.24, 2.45) is 5.84 Å². The number of nitrogen functional groups attached to an aromatic ring is 1. The van der Waals surface area contributed by atoms with E-state index in [0.29, 0.717) is 30.6 Å². The van der Waals surface area contributed by atoms with E-state index in [9.17, 15) is 0 Å². The van der Waals surface area contributed by atoms with E-state index in [1.807, 2.05) is 6.92 Å². The first-order valence-electron chi connectivity index (χ1n) is 6.44. The van der Waals surface area contributed by atoms with Gasteiger partial charge in [-0.3, -0.25) is 5.43 Å². The minimum Gasteiger partial charge on any atom is -0.463 e. The summed E-state index contributed by atoms with van der Waals surface area (Å²) in [6.45, 7) is 2.61. The molecule has 1 fully saturated rings. The number of aromatic nitrogens is 3. The van der Waals surface area contributed by atoms with Gasteiger partial charge in [-0.15, -0.1) is 0 Å². The van der Waals surface area contributed by atoms with Crippen LogP contribution in [0.1, 0.15) is 39.0 Å². The second-order valence-corrected chi connectivity index (χ2v) is 4.38. The number of anilines is 2. The van der Waals surface area contributed by atoms with E-state index < -0.39 is 0 Å². The summed E-state index contributed by atoms with van der Waals surface area (Å²) >= 11 is 0. The largest absolute Gasteiger partial charge is 0.463 e. The van der Waals surface area contributed by atoms with E-state index in [-0.39, 0.29) is 0 Å². The third-order valence-electron chi connectivity index (χ3n) is 2.87. The molecule has 1 aromatic heterocycles. The molecule has 18 heavy (non-hydrogen) atoms. The fourth-order valence-corrected chi connectivity index (χ4v) is 2.00. The zero-order valence-electron chi connectivity index (χ0n) is 10.6. The maximum absolute atomic E-state index is 5.41. The van der Waals surface area contributed by atoms with Crippen LogP contribution in [0.25, 0.3) is 0 Å². The van der Waals surface area contributed by atoms with Crippen molar-refractivity contribution in [2.75, 3.05) is 17.3 Å². The first-order chi connectivity index (χ1) is 8.81. The fourth-order valence-electron chi connectivity index (χ4n) is 2.00. The highest BCUT2D eigenvalue weighted by molar-refractivity contribution is 5.35. The Labute approximate surface area is 107 Å². The van der Waals surface area contributed by atoms with E-state index in [1.165, 1.54) is 12.8 Å². The van der Waals surface area contributed by atoms with Crippen molar-refractivity contribution in [2.45, 2.75) is 45.1 Å². The minimum atomic E-state index is 0.306. The van der Waals surface area contributed by atoms with Gasteiger partial charge >= 0.3 is 6.01 Å². The van der Waals surface area contributed by atoms with E-state index >= 15 is 0 Å². The van der Waals surface area contributed by atoms with Crippen molar-refractivity contribution in [1.82, 2.24) is 15.0 Å². The Kier molecular flexibility index (Phi) is 4.52. The van der Waals surface area contributed by atoms with E-state index in [1.54, 1.807) is 0 Å². The Balaban J connectivity index is 2.06. The molecule has 4 N–H and O–H groups in total. The maximum atomic E-state index is 5.41. The fraction of sp³-hybridized carbons (Fsp3) is 0.727. The molecular weight excluding hydrogens is 232 g/mol. The normalized spacial score (nSPS) is 15.7. The van der Waals surface area contributed by atoms with Gasteiger partial charge in [0.1, 0.15) is 0 Å². The van der Waals surface area contributed by atoms with E-state index in [0.717, 1.165) is 19.3 Å². The van der Waals surface area contributed by atoms with Gasteiger partial charge in [0.2, 0.25) is 11.9 Å². The van der Waals surface area contributed by atoms with E-state index in [2.05, 4.69) is 25.7 Å². The second kappa shape index (κ2) is 6.34. The minimum absolute atomic E-state index is 0.306. The maximum Gasteiger partial charge on any atom is 0.323 e. The Morgan fingerprint density at radius 1 is 1.22 bits per heavy atom. The first-order valence-corrected chi connectivity index (χ1v) is 6.44. The molecule has 0 bridgehead atoms. The number of rotatable bonds is 6. The van der Waals surface area contributed by atoms with Crippen molar-refractivity contribution >= 4 is 11.9 Å². The molecule has 1 saturated carbocycles. The number of nitrogens with one attached hydrogen (secondary N) is 2. The van der Waals surface area contributed by atoms with Crippen LogP contribution in [0.3, 0.4) is 0 Å². The van der Waals surface area contributed by atoms with Gasteiger partial charge in [0.15, 0.2) is 0 Å². The predicted molar refractivity (Wildman–Crippen MR) is 69.3 cm³/mol. The zero-order valence-corrected chi connectivity index (χ0v) is 10.6.